The van der Waals surface area contributed by atoms with Crippen LogP contribution in [0.25, 0.3) is 32.3 Å². The summed E-state index contributed by atoms with van der Waals surface area (Å²) < 4.78 is 0. The Morgan fingerprint density at radius 2 is 1.00 bits per heavy atom. The van der Waals surface area contributed by atoms with Crippen molar-refractivity contribution >= 4 is 55.5 Å². The van der Waals surface area contributed by atoms with Gasteiger partial charge in [-0.25, -0.2) is 0 Å². The van der Waals surface area contributed by atoms with Gasteiger partial charge in [0.25, 0.3) is 0 Å². The topological polar surface area (TPSA) is 0 Å². The molecule has 0 N–H and O–H groups in total. The van der Waals surface area contributed by atoms with E-state index in [9.17, 15) is 0 Å². The molecule has 0 saturated heterocycles. The lowest BCUT2D eigenvalue weighted by Gasteiger charge is -2.13. The Morgan fingerprint density at radius 1 is 0.556 bits per heavy atom. The van der Waals surface area contributed by atoms with E-state index in [1.165, 1.54) is 21.5 Å². The minimum atomic E-state index is 0.647. The third kappa shape index (κ3) is 1.17. The fraction of sp³-hybridized carbons (Fsp3) is 0. The van der Waals surface area contributed by atoms with Gasteiger partial charge in [-0.05, 0) is 21.5 Å². The van der Waals surface area contributed by atoms with Gasteiger partial charge in [-0.1, -0.05) is 71.7 Å². The van der Waals surface area contributed by atoms with Gasteiger partial charge in [0.2, 0.25) is 0 Å². The van der Waals surface area contributed by atoms with E-state index in [0.29, 0.717) is 10.0 Å². The third-order valence-electron chi connectivity index (χ3n) is 3.55. The maximum Gasteiger partial charge on any atom is 0.0677 e. The minimum absolute atomic E-state index is 0.647. The molecule has 0 radical (unpaired) electrons. The number of hydrogen-bond donors (Lipinski definition) is 0. The lowest BCUT2D eigenvalue weighted by molar-refractivity contribution is 1.78. The van der Waals surface area contributed by atoms with Gasteiger partial charge >= 0.3 is 0 Å². The summed E-state index contributed by atoms with van der Waals surface area (Å²) in [5.41, 5.74) is 0. The molecule has 0 aromatic heterocycles. The van der Waals surface area contributed by atoms with Crippen molar-refractivity contribution in [2.75, 3.05) is 0 Å². The molecule has 0 aliphatic carbocycles. The Morgan fingerprint density at radius 3 is 1.44 bits per heavy atom. The van der Waals surface area contributed by atoms with E-state index in [1.807, 2.05) is 24.3 Å². The first-order valence-corrected chi connectivity index (χ1v) is 6.53. The summed E-state index contributed by atoms with van der Waals surface area (Å²) in [7, 11) is 0. The van der Waals surface area contributed by atoms with E-state index >= 15 is 0 Å². The van der Waals surface area contributed by atoms with Crippen molar-refractivity contribution in [3.05, 3.63) is 58.6 Å². The molecule has 2 heteroatoms. The van der Waals surface area contributed by atoms with E-state index in [2.05, 4.69) is 24.3 Å². The van der Waals surface area contributed by atoms with Crippen molar-refractivity contribution < 1.29 is 0 Å². The predicted octanol–water partition coefficient (Wildman–Crippen LogP) is 5.89. The van der Waals surface area contributed by atoms with E-state index in [0.717, 1.165) is 10.8 Å². The summed E-state index contributed by atoms with van der Waals surface area (Å²) in [4.78, 5) is 0. The van der Waals surface area contributed by atoms with E-state index in [-0.39, 0.29) is 0 Å². The molecule has 0 aliphatic heterocycles. The van der Waals surface area contributed by atoms with Gasteiger partial charge in [-0.2, -0.15) is 0 Å². The van der Waals surface area contributed by atoms with Gasteiger partial charge in [0.15, 0.2) is 0 Å². The summed E-state index contributed by atoms with van der Waals surface area (Å²) in [5.74, 6) is 0. The second kappa shape index (κ2) is 3.50. The van der Waals surface area contributed by atoms with Gasteiger partial charge < -0.3 is 0 Å². The summed E-state index contributed by atoms with van der Waals surface area (Å²) in [6.07, 6.45) is 0. The van der Waals surface area contributed by atoms with Crippen LogP contribution in [-0.2, 0) is 0 Å². The number of benzene rings is 4. The molecule has 0 fully saturated rings. The molecule has 0 saturated carbocycles. The predicted molar refractivity (Wildman–Crippen MR) is 80.2 cm³/mol. The zero-order valence-electron chi connectivity index (χ0n) is 9.37. The molecular weight excluding hydrogens is 263 g/mol. The summed E-state index contributed by atoms with van der Waals surface area (Å²) >= 11 is 12.8. The van der Waals surface area contributed by atoms with Gasteiger partial charge in [0.05, 0.1) is 10.0 Å². The summed E-state index contributed by atoms with van der Waals surface area (Å²) in [6, 6.07) is 16.6. The molecule has 86 valence electrons. The van der Waals surface area contributed by atoms with Crippen LogP contribution in [0.3, 0.4) is 0 Å². The van der Waals surface area contributed by atoms with Gasteiger partial charge in [-0.3, -0.25) is 0 Å². The van der Waals surface area contributed by atoms with Gasteiger partial charge in [-0.15, -0.1) is 0 Å². The number of halogens is 2. The molecule has 0 spiro atoms. The molecule has 4 aromatic rings. The molecule has 0 heterocycles. The quantitative estimate of drug-likeness (QED) is 0.350. The number of hydrogen-bond acceptors (Lipinski definition) is 0. The molecule has 0 atom stereocenters. The van der Waals surface area contributed by atoms with Crippen LogP contribution in [0.5, 0.6) is 0 Å². The zero-order valence-corrected chi connectivity index (χ0v) is 10.9. The van der Waals surface area contributed by atoms with Crippen LogP contribution in [0.15, 0.2) is 48.5 Å². The summed E-state index contributed by atoms with van der Waals surface area (Å²) in [6.45, 7) is 0. The monoisotopic (exact) mass is 270 g/mol. The minimum Gasteiger partial charge on any atom is -0.0820 e. The lowest BCUT2D eigenvalue weighted by Crippen LogP contribution is -1.85. The molecule has 18 heavy (non-hydrogen) atoms. The molecule has 0 nitrogen and oxygen atoms in total. The Bertz CT molecular complexity index is 819. The van der Waals surface area contributed by atoms with Crippen LogP contribution >= 0.6 is 23.2 Å². The Hall–Kier alpha value is -1.50. The average Bonchev–Trinajstić information content (AvgIpc) is 2.43. The van der Waals surface area contributed by atoms with Crippen LogP contribution in [0.1, 0.15) is 0 Å². The Balaban J connectivity index is 2.52. The van der Waals surface area contributed by atoms with Crippen molar-refractivity contribution in [3.8, 4) is 0 Å². The molecule has 4 aromatic carbocycles. The van der Waals surface area contributed by atoms with E-state index in [1.54, 1.807) is 0 Å². The third-order valence-corrected chi connectivity index (χ3v) is 4.43. The van der Waals surface area contributed by atoms with E-state index < -0.39 is 0 Å². The molecule has 0 unspecified atom stereocenters. The first-order chi connectivity index (χ1) is 8.77. The molecule has 0 aliphatic rings. The highest BCUT2D eigenvalue weighted by Crippen LogP contribution is 2.43. The van der Waals surface area contributed by atoms with Crippen molar-refractivity contribution in [1.29, 1.82) is 0 Å². The van der Waals surface area contributed by atoms with Crippen molar-refractivity contribution in [1.82, 2.24) is 0 Å². The maximum atomic E-state index is 6.40. The van der Waals surface area contributed by atoms with Crippen molar-refractivity contribution in [3.63, 3.8) is 0 Å². The first kappa shape index (κ1) is 10.4. The van der Waals surface area contributed by atoms with Crippen molar-refractivity contribution in [2.24, 2.45) is 0 Å². The van der Waals surface area contributed by atoms with Crippen LogP contribution in [0, 0.1) is 0 Å². The highest BCUT2D eigenvalue weighted by atomic mass is 35.5. The molecule has 0 amide bonds. The number of rotatable bonds is 0. The second-order valence-corrected chi connectivity index (χ2v) is 5.26. The van der Waals surface area contributed by atoms with Crippen LogP contribution in [-0.4, -0.2) is 0 Å². The Labute approximate surface area is 114 Å². The highest BCUT2D eigenvalue weighted by molar-refractivity contribution is 6.50. The fourth-order valence-electron chi connectivity index (χ4n) is 2.76. The van der Waals surface area contributed by atoms with Gasteiger partial charge in [0.1, 0.15) is 0 Å². The molecule has 0 bridgehead atoms. The fourth-order valence-corrected chi connectivity index (χ4v) is 3.28. The van der Waals surface area contributed by atoms with E-state index in [4.69, 9.17) is 23.2 Å². The molecular formula is C16H8Cl2. The largest absolute Gasteiger partial charge is 0.0820 e. The maximum absolute atomic E-state index is 6.40. The highest BCUT2D eigenvalue weighted by Gasteiger charge is 2.14. The van der Waals surface area contributed by atoms with Crippen LogP contribution in [0.2, 0.25) is 10.0 Å². The Kier molecular flexibility index (Phi) is 2.03. The SMILES string of the molecule is Clc1c(Cl)c2cccc3ccc4cccc1c4c32. The zero-order chi connectivity index (χ0) is 12.3. The van der Waals surface area contributed by atoms with Crippen LogP contribution in [0.4, 0.5) is 0 Å². The second-order valence-electron chi connectivity index (χ2n) is 4.50. The van der Waals surface area contributed by atoms with Crippen LogP contribution < -0.4 is 0 Å². The lowest BCUT2D eigenvalue weighted by atomic mass is 9.94. The summed E-state index contributed by atoms with van der Waals surface area (Å²) in [5, 5.41) is 8.18. The molecule has 4 rings (SSSR count). The smallest absolute Gasteiger partial charge is 0.0677 e. The normalized spacial score (nSPS) is 11.9. The first-order valence-electron chi connectivity index (χ1n) is 5.78. The standard InChI is InChI=1S/C16H8Cl2/c17-15-11-5-1-3-9-7-8-10-4-2-6-12(16(15)18)14(10)13(9)11/h1-8H. The average molecular weight is 271 g/mol. The van der Waals surface area contributed by atoms with Gasteiger partial charge in [0, 0.05) is 10.8 Å². The van der Waals surface area contributed by atoms with Crippen molar-refractivity contribution in [2.45, 2.75) is 0 Å².